The summed E-state index contributed by atoms with van der Waals surface area (Å²) in [6.07, 6.45) is 6.70. The van der Waals surface area contributed by atoms with Gasteiger partial charge in [-0.25, -0.2) is 0 Å². The van der Waals surface area contributed by atoms with Gasteiger partial charge in [-0.05, 0) is 25.7 Å². The second-order valence-electron chi connectivity index (χ2n) is 4.20. The van der Waals surface area contributed by atoms with E-state index in [9.17, 15) is 0 Å². The lowest BCUT2D eigenvalue weighted by Crippen LogP contribution is -2.25. The molecule has 2 heteroatoms. The molecule has 0 heterocycles. The minimum Gasteiger partial charge on any atom is -0.401 e. The van der Waals surface area contributed by atoms with E-state index in [1.165, 1.54) is 25.7 Å². The summed E-state index contributed by atoms with van der Waals surface area (Å²) in [6.45, 7) is 4.19. The number of nitrogens with two attached hydrogens (primary N) is 1. The summed E-state index contributed by atoms with van der Waals surface area (Å²) in [5.41, 5.74) is 7.98. The fraction of sp³-hybridized carbons (Fsp3) is 0.750. The molecule has 0 aromatic rings. The smallest absolute Gasteiger partial charge is 0.0965 e. The summed E-state index contributed by atoms with van der Waals surface area (Å²) in [7, 11) is 0. The molecule has 0 bridgehead atoms. The molecule has 78 valence electrons. The highest BCUT2D eigenvalue weighted by Gasteiger charge is 2.35. The molecule has 1 aliphatic carbocycles. The summed E-state index contributed by atoms with van der Waals surface area (Å²) < 4.78 is 0. The highest BCUT2D eigenvalue weighted by molar-refractivity contribution is 5.30. The summed E-state index contributed by atoms with van der Waals surface area (Å²) in [5, 5.41) is 8.98. The van der Waals surface area contributed by atoms with Crippen LogP contribution in [0.4, 0.5) is 0 Å². The minimum absolute atomic E-state index is 0.154. The van der Waals surface area contributed by atoms with Crippen LogP contribution < -0.4 is 5.73 Å². The third kappa shape index (κ3) is 1.77. The van der Waals surface area contributed by atoms with E-state index in [1.807, 2.05) is 6.92 Å². The van der Waals surface area contributed by atoms with Gasteiger partial charge in [0.2, 0.25) is 0 Å². The monoisotopic (exact) mass is 192 g/mol. The molecule has 0 aliphatic heterocycles. The molecule has 0 atom stereocenters. The number of allylic oxidation sites excluding steroid dienone is 2. The predicted octanol–water partition coefficient (Wildman–Crippen LogP) is 3.10. The molecule has 1 saturated carbocycles. The standard InChI is InChI=1S/C12H20N2/c1-3-10(9-13)11(14)12(4-2)7-5-6-8-12/h3-8,14H2,1-2H3. The Balaban J connectivity index is 3.00. The van der Waals surface area contributed by atoms with E-state index >= 15 is 0 Å². The van der Waals surface area contributed by atoms with Crippen LogP contribution in [0, 0.1) is 16.7 Å². The van der Waals surface area contributed by atoms with Gasteiger partial charge in [0.1, 0.15) is 0 Å². The molecular formula is C12H20N2. The molecular weight excluding hydrogens is 172 g/mol. The molecule has 0 aromatic heterocycles. The first-order chi connectivity index (χ1) is 6.70. The van der Waals surface area contributed by atoms with Crippen LogP contribution in [-0.4, -0.2) is 0 Å². The molecule has 2 N–H and O–H groups in total. The molecule has 1 fully saturated rings. The van der Waals surface area contributed by atoms with Crippen molar-refractivity contribution in [1.82, 2.24) is 0 Å². The molecule has 0 aromatic carbocycles. The van der Waals surface area contributed by atoms with E-state index in [1.54, 1.807) is 0 Å². The molecule has 1 rings (SSSR count). The van der Waals surface area contributed by atoms with Gasteiger partial charge in [-0.1, -0.05) is 26.7 Å². The van der Waals surface area contributed by atoms with E-state index in [0.717, 1.165) is 24.1 Å². The van der Waals surface area contributed by atoms with Crippen molar-refractivity contribution >= 4 is 0 Å². The summed E-state index contributed by atoms with van der Waals surface area (Å²) in [6, 6.07) is 2.24. The van der Waals surface area contributed by atoms with Crippen LogP contribution in [0.1, 0.15) is 52.4 Å². The van der Waals surface area contributed by atoms with Crippen LogP contribution in [0.5, 0.6) is 0 Å². The van der Waals surface area contributed by atoms with Crippen LogP contribution in [0.3, 0.4) is 0 Å². The molecule has 2 nitrogen and oxygen atoms in total. The lowest BCUT2D eigenvalue weighted by molar-refractivity contribution is 0.346. The van der Waals surface area contributed by atoms with Crippen molar-refractivity contribution in [2.45, 2.75) is 52.4 Å². The van der Waals surface area contributed by atoms with Crippen LogP contribution >= 0.6 is 0 Å². The maximum Gasteiger partial charge on any atom is 0.0965 e. The quantitative estimate of drug-likeness (QED) is 0.698. The lowest BCUT2D eigenvalue weighted by atomic mass is 9.78. The largest absolute Gasteiger partial charge is 0.401 e. The van der Waals surface area contributed by atoms with Gasteiger partial charge in [-0.2, -0.15) is 5.26 Å². The van der Waals surface area contributed by atoms with Crippen molar-refractivity contribution in [1.29, 1.82) is 5.26 Å². The molecule has 1 aliphatic rings. The Morgan fingerprint density at radius 1 is 1.36 bits per heavy atom. The van der Waals surface area contributed by atoms with Crippen molar-refractivity contribution in [3.63, 3.8) is 0 Å². The fourth-order valence-electron chi connectivity index (χ4n) is 2.51. The topological polar surface area (TPSA) is 49.8 Å². The molecule has 0 amide bonds. The molecule has 14 heavy (non-hydrogen) atoms. The first-order valence-corrected chi connectivity index (χ1v) is 5.59. The number of nitrogens with zero attached hydrogens (tertiary/aromatic N) is 1. The third-order valence-corrected chi connectivity index (χ3v) is 3.62. The summed E-state index contributed by atoms with van der Waals surface area (Å²) in [5.74, 6) is 0. The maximum absolute atomic E-state index is 8.98. The average molecular weight is 192 g/mol. The van der Waals surface area contributed by atoms with Gasteiger partial charge in [0.05, 0.1) is 6.07 Å². The minimum atomic E-state index is 0.154. The van der Waals surface area contributed by atoms with Gasteiger partial charge in [-0.15, -0.1) is 0 Å². The van der Waals surface area contributed by atoms with E-state index in [2.05, 4.69) is 13.0 Å². The first kappa shape index (κ1) is 11.1. The number of hydrogen-bond acceptors (Lipinski definition) is 2. The van der Waals surface area contributed by atoms with E-state index in [4.69, 9.17) is 11.0 Å². The first-order valence-electron chi connectivity index (χ1n) is 5.59. The van der Waals surface area contributed by atoms with Crippen LogP contribution in [0.25, 0.3) is 0 Å². The Morgan fingerprint density at radius 3 is 2.29 bits per heavy atom. The van der Waals surface area contributed by atoms with E-state index in [-0.39, 0.29) is 5.41 Å². The molecule has 0 saturated heterocycles. The SMILES string of the molecule is CCC(C#N)=C(N)C1(CC)CCCC1. The molecule has 0 radical (unpaired) electrons. The molecule has 0 unspecified atom stereocenters. The zero-order valence-corrected chi connectivity index (χ0v) is 9.27. The van der Waals surface area contributed by atoms with Crippen molar-refractivity contribution in [3.05, 3.63) is 11.3 Å². The van der Waals surface area contributed by atoms with E-state index in [0.29, 0.717) is 0 Å². The number of rotatable bonds is 3. The van der Waals surface area contributed by atoms with Crippen molar-refractivity contribution in [2.24, 2.45) is 11.1 Å². The average Bonchev–Trinajstić information content (AvgIpc) is 2.69. The van der Waals surface area contributed by atoms with Crippen molar-refractivity contribution < 1.29 is 0 Å². The van der Waals surface area contributed by atoms with Crippen LogP contribution in [0.2, 0.25) is 0 Å². The number of nitriles is 1. The Labute approximate surface area is 86.8 Å². The highest BCUT2D eigenvalue weighted by Crippen LogP contribution is 2.46. The Kier molecular flexibility index (Phi) is 3.57. The zero-order valence-electron chi connectivity index (χ0n) is 9.27. The van der Waals surface area contributed by atoms with Crippen molar-refractivity contribution in [3.8, 4) is 6.07 Å². The van der Waals surface area contributed by atoms with Crippen molar-refractivity contribution in [2.75, 3.05) is 0 Å². The van der Waals surface area contributed by atoms with Crippen LogP contribution in [0.15, 0.2) is 11.3 Å². The lowest BCUT2D eigenvalue weighted by Gasteiger charge is -2.29. The zero-order chi connectivity index (χ0) is 10.6. The van der Waals surface area contributed by atoms with Gasteiger partial charge < -0.3 is 5.73 Å². The van der Waals surface area contributed by atoms with Crippen LogP contribution in [-0.2, 0) is 0 Å². The predicted molar refractivity (Wildman–Crippen MR) is 58.3 cm³/mol. The third-order valence-electron chi connectivity index (χ3n) is 3.62. The van der Waals surface area contributed by atoms with Gasteiger partial charge in [0.25, 0.3) is 0 Å². The van der Waals surface area contributed by atoms with E-state index < -0.39 is 0 Å². The number of hydrogen-bond donors (Lipinski definition) is 1. The Morgan fingerprint density at radius 2 is 1.93 bits per heavy atom. The maximum atomic E-state index is 8.98. The molecule has 0 spiro atoms. The fourth-order valence-corrected chi connectivity index (χ4v) is 2.51. The van der Waals surface area contributed by atoms with Gasteiger partial charge in [0, 0.05) is 16.7 Å². The normalized spacial score (nSPS) is 21.5. The summed E-state index contributed by atoms with van der Waals surface area (Å²) in [4.78, 5) is 0. The van der Waals surface area contributed by atoms with Gasteiger partial charge in [-0.3, -0.25) is 0 Å². The summed E-state index contributed by atoms with van der Waals surface area (Å²) >= 11 is 0. The van der Waals surface area contributed by atoms with Gasteiger partial charge in [0.15, 0.2) is 0 Å². The second-order valence-corrected chi connectivity index (χ2v) is 4.20. The Hall–Kier alpha value is -0.970. The second kappa shape index (κ2) is 4.50. The Bertz CT molecular complexity index is 265. The van der Waals surface area contributed by atoms with Gasteiger partial charge >= 0.3 is 0 Å². The highest BCUT2D eigenvalue weighted by atomic mass is 14.7.